The average Bonchev–Trinajstić information content (AvgIpc) is 1.92. The first-order valence-electron chi connectivity index (χ1n) is 3.59. The summed E-state index contributed by atoms with van der Waals surface area (Å²) in [4.78, 5) is 0. The summed E-state index contributed by atoms with van der Waals surface area (Å²) in [5.41, 5.74) is 0. The van der Waals surface area contributed by atoms with E-state index in [1.54, 1.807) is 0 Å². The lowest BCUT2D eigenvalue weighted by atomic mass is 9.91. The van der Waals surface area contributed by atoms with Crippen molar-refractivity contribution in [2.45, 2.75) is 19.3 Å². The number of hydrogen-bond donors (Lipinski definition) is 0. The summed E-state index contributed by atoms with van der Waals surface area (Å²) in [5.74, 6) is 2.69. The van der Waals surface area contributed by atoms with Crippen molar-refractivity contribution >= 4 is 0 Å². The predicted octanol–water partition coefficient (Wildman–Crippen LogP) is 2.16. The molecule has 54 valence electrons. The lowest BCUT2D eigenvalue weighted by Gasteiger charge is -2.19. The second-order valence-corrected chi connectivity index (χ2v) is 2.75. The standard InChI is InChI=1S/C8H10O2/c1-2-6-3-4-7-8(5-6)10-9-7/h2,6H,1,3-5H2. The third-order valence-corrected chi connectivity index (χ3v) is 2.08. The Bertz CT molecular complexity index is 232. The molecule has 10 heavy (non-hydrogen) atoms. The van der Waals surface area contributed by atoms with Crippen molar-refractivity contribution in [3.63, 3.8) is 0 Å². The number of rotatable bonds is 1. The lowest BCUT2D eigenvalue weighted by molar-refractivity contribution is -0.0419. The maximum Gasteiger partial charge on any atom is 0.198 e. The van der Waals surface area contributed by atoms with Gasteiger partial charge in [0, 0.05) is 12.8 Å². The first-order valence-corrected chi connectivity index (χ1v) is 3.59. The summed E-state index contributed by atoms with van der Waals surface area (Å²) in [6.45, 7) is 3.75. The Morgan fingerprint density at radius 3 is 2.70 bits per heavy atom. The molecule has 0 amide bonds. The normalized spacial score (nSPS) is 24.2. The minimum Gasteiger partial charge on any atom is -0.291 e. The van der Waals surface area contributed by atoms with Gasteiger partial charge >= 0.3 is 0 Å². The van der Waals surface area contributed by atoms with Gasteiger partial charge < -0.3 is 0 Å². The van der Waals surface area contributed by atoms with Crippen LogP contribution in [0, 0.1) is 5.92 Å². The molecule has 0 aromatic carbocycles. The zero-order valence-corrected chi connectivity index (χ0v) is 5.80. The van der Waals surface area contributed by atoms with Gasteiger partial charge in [-0.05, 0) is 12.3 Å². The van der Waals surface area contributed by atoms with Crippen molar-refractivity contribution in [3.05, 3.63) is 24.2 Å². The van der Waals surface area contributed by atoms with Crippen LogP contribution in [0.25, 0.3) is 0 Å². The van der Waals surface area contributed by atoms with Crippen LogP contribution in [0.4, 0.5) is 0 Å². The Labute approximate surface area is 59.4 Å². The molecule has 0 N–H and O–H groups in total. The minimum atomic E-state index is 0.600. The Hall–Kier alpha value is -0.920. The number of hydrogen-bond acceptors (Lipinski definition) is 2. The molecule has 0 aliphatic heterocycles. The van der Waals surface area contributed by atoms with E-state index in [1.807, 2.05) is 6.08 Å². The van der Waals surface area contributed by atoms with Gasteiger partial charge in [-0.25, -0.2) is 0 Å². The molecule has 1 atom stereocenters. The molecule has 0 bridgehead atoms. The topological polar surface area (TPSA) is 26.3 Å². The molecule has 1 aliphatic rings. The number of allylic oxidation sites excluding steroid dienone is 1. The molecular formula is C8H10O2. The molecule has 0 spiro atoms. The van der Waals surface area contributed by atoms with Gasteiger partial charge in [-0.15, -0.1) is 6.58 Å². The molecule has 2 nitrogen and oxygen atoms in total. The smallest absolute Gasteiger partial charge is 0.198 e. The van der Waals surface area contributed by atoms with Crippen LogP contribution in [0.2, 0.25) is 0 Å². The van der Waals surface area contributed by atoms with Gasteiger partial charge in [-0.1, -0.05) is 6.08 Å². The molecule has 1 aromatic rings. The molecule has 1 aliphatic carbocycles. The van der Waals surface area contributed by atoms with Crippen LogP contribution in [0.3, 0.4) is 0 Å². The van der Waals surface area contributed by atoms with Gasteiger partial charge in [0.05, 0.1) is 0 Å². The Morgan fingerprint density at radius 1 is 1.40 bits per heavy atom. The van der Waals surface area contributed by atoms with Crippen molar-refractivity contribution in [1.29, 1.82) is 0 Å². The third-order valence-electron chi connectivity index (χ3n) is 2.08. The summed E-state index contributed by atoms with van der Waals surface area (Å²) < 4.78 is 9.57. The van der Waals surface area contributed by atoms with Crippen LogP contribution in [-0.4, -0.2) is 0 Å². The summed E-state index contributed by atoms with van der Waals surface area (Å²) in [5, 5.41) is 0. The summed E-state index contributed by atoms with van der Waals surface area (Å²) in [6, 6.07) is 0. The van der Waals surface area contributed by atoms with Crippen LogP contribution >= 0.6 is 0 Å². The quantitative estimate of drug-likeness (QED) is 0.439. The SMILES string of the molecule is C=CC1CCc2ooc2C1. The molecular weight excluding hydrogens is 128 g/mol. The molecule has 1 aromatic heterocycles. The van der Waals surface area contributed by atoms with Gasteiger partial charge in [0.15, 0.2) is 11.5 Å². The van der Waals surface area contributed by atoms with E-state index in [0.29, 0.717) is 5.92 Å². The zero-order chi connectivity index (χ0) is 6.97. The van der Waals surface area contributed by atoms with E-state index in [9.17, 15) is 0 Å². The van der Waals surface area contributed by atoms with E-state index < -0.39 is 0 Å². The number of aryl methyl sites for hydroxylation is 1. The fourth-order valence-corrected chi connectivity index (χ4v) is 1.35. The van der Waals surface area contributed by atoms with Crippen LogP contribution in [-0.2, 0) is 12.8 Å². The van der Waals surface area contributed by atoms with Gasteiger partial charge in [0.2, 0.25) is 0 Å². The highest BCUT2D eigenvalue weighted by molar-refractivity contribution is 5.10. The molecule has 1 heterocycles. The van der Waals surface area contributed by atoms with E-state index in [2.05, 4.69) is 6.58 Å². The average molecular weight is 138 g/mol. The molecule has 0 saturated heterocycles. The van der Waals surface area contributed by atoms with E-state index in [1.165, 1.54) is 0 Å². The van der Waals surface area contributed by atoms with Crippen LogP contribution in [0.1, 0.15) is 17.9 Å². The largest absolute Gasteiger partial charge is 0.291 e. The molecule has 0 fully saturated rings. The monoisotopic (exact) mass is 138 g/mol. The maximum absolute atomic E-state index is 4.80. The Morgan fingerprint density at radius 2 is 2.20 bits per heavy atom. The van der Waals surface area contributed by atoms with Crippen molar-refractivity contribution < 1.29 is 9.15 Å². The second-order valence-electron chi connectivity index (χ2n) is 2.75. The van der Waals surface area contributed by atoms with E-state index in [0.717, 1.165) is 30.8 Å². The molecule has 0 radical (unpaired) electrons. The van der Waals surface area contributed by atoms with E-state index in [4.69, 9.17) is 9.15 Å². The van der Waals surface area contributed by atoms with Crippen molar-refractivity contribution in [2.24, 2.45) is 5.92 Å². The fraction of sp³-hybridized carbons (Fsp3) is 0.500. The molecule has 0 saturated carbocycles. The van der Waals surface area contributed by atoms with Gasteiger partial charge in [0.25, 0.3) is 0 Å². The van der Waals surface area contributed by atoms with Crippen LogP contribution in [0.15, 0.2) is 21.8 Å². The number of fused-ring (bicyclic) bond motifs is 1. The lowest BCUT2D eigenvalue weighted by Crippen LogP contribution is -2.13. The predicted molar refractivity (Wildman–Crippen MR) is 36.7 cm³/mol. The van der Waals surface area contributed by atoms with Crippen molar-refractivity contribution in [3.8, 4) is 0 Å². The van der Waals surface area contributed by atoms with Crippen LogP contribution < -0.4 is 0 Å². The summed E-state index contributed by atoms with van der Waals surface area (Å²) in [7, 11) is 0. The second kappa shape index (κ2) is 2.04. The van der Waals surface area contributed by atoms with Crippen molar-refractivity contribution in [1.82, 2.24) is 0 Å². The Kier molecular flexibility index (Phi) is 1.19. The van der Waals surface area contributed by atoms with E-state index in [-0.39, 0.29) is 0 Å². The highest BCUT2D eigenvalue weighted by Crippen LogP contribution is 2.28. The maximum atomic E-state index is 4.80. The minimum absolute atomic E-state index is 0.600. The summed E-state index contributed by atoms with van der Waals surface area (Å²) in [6.07, 6.45) is 5.15. The van der Waals surface area contributed by atoms with Crippen LogP contribution in [0.5, 0.6) is 0 Å². The van der Waals surface area contributed by atoms with E-state index >= 15 is 0 Å². The fourth-order valence-electron chi connectivity index (χ4n) is 1.35. The van der Waals surface area contributed by atoms with Gasteiger partial charge in [-0.2, -0.15) is 0 Å². The molecule has 1 unspecified atom stereocenters. The molecule has 2 rings (SSSR count). The molecule has 2 heteroatoms. The highest BCUT2D eigenvalue weighted by atomic mass is 17.0. The van der Waals surface area contributed by atoms with Crippen molar-refractivity contribution in [2.75, 3.05) is 0 Å². The highest BCUT2D eigenvalue weighted by Gasteiger charge is 2.24. The first-order chi connectivity index (χ1) is 4.90. The zero-order valence-electron chi connectivity index (χ0n) is 5.80. The first kappa shape index (κ1) is 5.83. The summed E-state index contributed by atoms with van der Waals surface area (Å²) >= 11 is 0. The van der Waals surface area contributed by atoms with Gasteiger partial charge in [0.1, 0.15) is 0 Å². The Balaban J connectivity index is 2.13. The van der Waals surface area contributed by atoms with Gasteiger partial charge in [-0.3, -0.25) is 9.15 Å². The third kappa shape index (κ3) is 0.719.